The van der Waals surface area contributed by atoms with E-state index in [4.69, 9.17) is 0 Å². The first-order valence-electron chi connectivity index (χ1n) is 10.2. The molecular weight excluding hydrogens is 441 g/mol. The Morgan fingerprint density at radius 1 is 1.06 bits per heavy atom. The zero-order valence-corrected chi connectivity index (χ0v) is 17.7. The standard InChI is InChI=1S/C22H21F3N4O2S/c23-22(24,25)17-4-3-5-18(14-17)32(30,31)21-8-2-1-6-19(21)20-16(7-9-27-20)15-29(21)28-12-10-26-11-13-28/h1-9,14-15,26-27H,10-13H2. The largest absolute Gasteiger partial charge is 0.416 e. The zero-order valence-electron chi connectivity index (χ0n) is 16.9. The van der Waals surface area contributed by atoms with E-state index in [1.54, 1.807) is 41.7 Å². The first-order chi connectivity index (χ1) is 15.2. The average molecular weight is 462 g/mol. The number of rotatable bonds is 3. The van der Waals surface area contributed by atoms with Gasteiger partial charge in [-0.3, -0.25) is 5.01 Å². The van der Waals surface area contributed by atoms with Crippen molar-refractivity contribution in [2.75, 3.05) is 26.2 Å². The molecule has 32 heavy (non-hydrogen) atoms. The Balaban J connectivity index is 1.78. The van der Waals surface area contributed by atoms with Crippen molar-refractivity contribution in [3.63, 3.8) is 0 Å². The second-order valence-corrected chi connectivity index (χ2v) is 9.94. The molecule has 3 aliphatic rings. The summed E-state index contributed by atoms with van der Waals surface area (Å²) in [5, 5.41) is 8.30. The van der Waals surface area contributed by atoms with Gasteiger partial charge in [0.05, 0.1) is 15.8 Å². The number of fused-ring (bicyclic) bond motifs is 2. The lowest BCUT2D eigenvalue weighted by Gasteiger charge is -2.49. The van der Waals surface area contributed by atoms with Crippen LogP contribution in [0.3, 0.4) is 0 Å². The number of piperazine rings is 1. The summed E-state index contributed by atoms with van der Waals surface area (Å²) in [5.74, 6) is 0. The molecule has 6 nitrogen and oxygen atoms in total. The number of hydrazine groups is 1. The molecule has 2 N–H and O–H groups in total. The van der Waals surface area contributed by atoms with E-state index in [0.717, 1.165) is 17.4 Å². The lowest BCUT2D eigenvalue weighted by molar-refractivity contribution is -0.137. The van der Waals surface area contributed by atoms with E-state index in [0.29, 0.717) is 43.2 Å². The van der Waals surface area contributed by atoms with Crippen LogP contribution in [-0.4, -0.2) is 54.5 Å². The van der Waals surface area contributed by atoms with Gasteiger partial charge in [0.25, 0.3) is 0 Å². The number of H-pyrrole nitrogens is 1. The van der Waals surface area contributed by atoms with Crippen molar-refractivity contribution in [2.45, 2.75) is 15.9 Å². The van der Waals surface area contributed by atoms with Crippen LogP contribution >= 0.6 is 0 Å². The number of benzene rings is 1. The Morgan fingerprint density at radius 3 is 2.59 bits per heavy atom. The first kappa shape index (κ1) is 21.0. The maximum Gasteiger partial charge on any atom is 0.416 e. The van der Waals surface area contributed by atoms with Crippen molar-refractivity contribution >= 4 is 21.6 Å². The summed E-state index contributed by atoms with van der Waals surface area (Å²) < 4.78 is 68.6. The molecule has 10 heteroatoms. The molecule has 2 aliphatic heterocycles. The van der Waals surface area contributed by atoms with Crippen LogP contribution in [0.15, 0.2) is 65.7 Å². The SMILES string of the molecule is O=S(=O)(c1cccc(C(F)(F)F)c1)C12C=CC=CC1=c1[nH]ccc1=CN2N1CCNCC1. The minimum atomic E-state index is -4.65. The maximum atomic E-state index is 14.2. The number of hydrogen-bond donors (Lipinski definition) is 2. The van der Waals surface area contributed by atoms with Crippen molar-refractivity contribution in [3.05, 3.63) is 77.0 Å². The Kier molecular flexibility index (Phi) is 4.84. The van der Waals surface area contributed by atoms with Crippen molar-refractivity contribution in [3.8, 4) is 0 Å². The van der Waals surface area contributed by atoms with Gasteiger partial charge in [0, 0.05) is 49.4 Å². The van der Waals surface area contributed by atoms with E-state index in [1.165, 1.54) is 6.07 Å². The van der Waals surface area contributed by atoms with Crippen LogP contribution in [0.25, 0.3) is 11.8 Å². The second kappa shape index (κ2) is 7.36. The summed E-state index contributed by atoms with van der Waals surface area (Å²) in [7, 11) is -4.35. The van der Waals surface area contributed by atoms with Gasteiger partial charge in [0.2, 0.25) is 14.7 Å². The average Bonchev–Trinajstić information content (AvgIpc) is 3.27. The van der Waals surface area contributed by atoms with Gasteiger partial charge >= 0.3 is 6.18 Å². The minimum absolute atomic E-state index is 0.381. The first-order valence-corrected chi connectivity index (χ1v) is 11.7. The number of aromatic amines is 1. The van der Waals surface area contributed by atoms with Crippen LogP contribution in [-0.2, 0) is 16.0 Å². The highest BCUT2D eigenvalue weighted by molar-refractivity contribution is 7.93. The number of sulfone groups is 1. The summed E-state index contributed by atoms with van der Waals surface area (Å²) in [5.41, 5.74) is -0.528. The summed E-state index contributed by atoms with van der Waals surface area (Å²) in [6.45, 7) is 2.44. The molecule has 3 heterocycles. The lowest BCUT2D eigenvalue weighted by atomic mass is 9.97. The van der Waals surface area contributed by atoms with Gasteiger partial charge in [-0.1, -0.05) is 24.3 Å². The van der Waals surface area contributed by atoms with E-state index in [9.17, 15) is 21.6 Å². The molecule has 1 fully saturated rings. The lowest BCUT2D eigenvalue weighted by Crippen LogP contribution is -2.65. The van der Waals surface area contributed by atoms with E-state index < -0.39 is 26.4 Å². The smallest absolute Gasteiger partial charge is 0.361 e. The van der Waals surface area contributed by atoms with Gasteiger partial charge in [-0.2, -0.15) is 13.2 Å². The van der Waals surface area contributed by atoms with E-state index in [-0.39, 0.29) is 4.90 Å². The summed E-state index contributed by atoms with van der Waals surface area (Å²) >= 11 is 0. The van der Waals surface area contributed by atoms with Crippen LogP contribution in [0.4, 0.5) is 13.2 Å². The molecule has 1 atom stereocenters. The van der Waals surface area contributed by atoms with Crippen LogP contribution in [0.1, 0.15) is 5.56 Å². The molecule has 1 aromatic carbocycles. The normalized spacial score (nSPS) is 23.6. The maximum absolute atomic E-state index is 14.2. The summed E-state index contributed by atoms with van der Waals surface area (Å²) in [6.07, 6.45) is 5.47. The summed E-state index contributed by atoms with van der Waals surface area (Å²) in [4.78, 5) is 1.01. The van der Waals surface area contributed by atoms with Crippen LogP contribution in [0.2, 0.25) is 0 Å². The third-order valence-electron chi connectivity index (χ3n) is 6.01. The number of hydrogen-bond acceptors (Lipinski definition) is 5. The molecule has 2 aromatic rings. The molecule has 1 aliphatic carbocycles. The van der Waals surface area contributed by atoms with E-state index in [1.807, 2.05) is 11.1 Å². The predicted molar refractivity (Wildman–Crippen MR) is 114 cm³/mol. The number of halogens is 3. The second-order valence-electron chi connectivity index (χ2n) is 7.84. The summed E-state index contributed by atoms with van der Waals surface area (Å²) in [6, 6.07) is 5.81. The van der Waals surface area contributed by atoms with Gasteiger partial charge in [0.15, 0.2) is 0 Å². The van der Waals surface area contributed by atoms with Crippen LogP contribution in [0.5, 0.6) is 0 Å². The zero-order chi connectivity index (χ0) is 22.6. The molecule has 0 radical (unpaired) electrons. The third kappa shape index (κ3) is 3.05. The molecule has 168 valence electrons. The quantitative estimate of drug-likeness (QED) is 0.721. The molecule has 1 aromatic heterocycles. The third-order valence-corrected chi connectivity index (χ3v) is 8.25. The highest BCUT2D eigenvalue weighted by Crippen LogP contribution is 2.43. The number of nitrogens with one attached hydrogen (secondary N) is 2. The number of allylic oxidation sites excluding steroid dienone is 2. The number of aromatic nitrogens is 1. The minimum Gasteiger partial charge on any atom is -0.361 e. The van der Waals surface area contributed by atoms with Crippen molar-refractivity contribution in [2.24, 2.45) is 0 Å². The van der Waals surface area contributed by atoms with E-state index in [2.05, 4.69) is 10.3 Å². The Bertz CT molecular complexity index is 1340. The van der Waals surface area contributed by atoms with Gasteiger partial charge in [0.1, 0.15) is 0 Å². The monoisotopic (exact) mass is 462 g/mol. The fourth-order valence-electron chi connectivity index (χ4n) is 4.50. The van der Waals surface area contributed by atoms with Gasteiger partial charge in [-0.25, -0.2) is 13.4 Å². The van der Waals surface area contributed by atoms with Gasteiger partial charge in [-0.15, -0.1) is 0 Å². The Labute approximate surface area is 182 Å². The fraction of sp³-hybridized carbons (Fsp3) is 0.273. The van der Waals surface area contributed by atoms with Crippen molar-refractivity contribution < 1.29 is 21.6 Å². The molecule has 0 bridgehead atoms. The molecule has 1 saturated heterocycles. The van der Waals surface area contributed by atoms with Gasteiger partial charge in [-0.05, 0) is 30.3 Å². The van der Waals surface area contributed by atoms with Crippen molar-refractivity contribution in [1.82, 2.24) is 20.3 Å². The molecule has 0 saturated carbocycles. The molecule has 0 amide bonds. The molecule has 5 rings (SSSR count). The van der Waals surface area contributed by atoms with Crippen LogP contribution in [0, 0.1) is 0 Å². The Morgan fingerprint density at radius 2 is 1.84 bits per heavy atom. The van der Waals surface area contributed by atoms with Gasteiger partial charge < -0.3 is 10.3 Å². The van der Waals surface area contributed by atoms with E-state index >= 15 is 0 Å². The molecule has 1 unspecified atom stereocenters. The topological polar surface area (TPSA) is 68.4 Å². The van der Waals surface area contributed by atoms with Crippen molar-refractivity contribution in [1.29, 1.82) is 0 Å². The molecular formula is C22H21F3N4O2S. The fourth-order valence-corrected chi connectivity index (χ4v) is 6.53. The molecule has 0 spiro atoms. The highest BCUT2D eigenvalue weighted by Gasteiger charge is 2.54. The predicted octanol–water partition coefficient (Wildman–Crippen LogP) is 1.35. The number of alkyl halides is 3. The Hall–Kier alpha value is -2.82. The number of nitrogens with zero attached hydrogens (tertiary/aromatic N) is 2. The van der Waals surface area contributed by atoms with Crippen LogP contribution < -0.4 is 15.9 Å². The highest BCUT2D eigenvalue weighted by atomic mass is 32.2.